The van der Waals surface area contributed by atoms with Crippen LogP contribution < -0.4 is 9.84 Å². The maximum atomic E-state index is 13.0. The molecule has 0 bridgehead atoms. The average molecular weight is 479 g/mol. The summed E-state index contributed by atoms with van der Waals surface area (Å²) in [5.74, 6) is -0.0455. The molecule has 0 radical (unpaired) electrons. The van der Waals surface area contributed by atoms with Crippen molar-refractivity contribution in [2.24, 2.45) is 5.92 Å². The fourth-order valence-electron chi connectivity index (χ4n) is 4.86. The Morgan fingerprint density at radius 3 is 2.43 bits per heavy atom. The van der Waals surface area contributed by atoms with E-state index >= 15 is 0 Å². The van der Waals surface area contributed by atoms with E-state index in [0.29, 0.717) is 49.7 Å². The molecule has 0 spiro atoms. The minimum Gasteiger partial charge on any atom is -0.545 e. The van der Waals surface area contributed by atoms with E-state index in [1.807, 2.05) is 12.1 Å². The fraction of sp³-hybridized carbons (Fsp3) is 0.481. The van der Waals surface area contributed by atoms with Crippen molar-refractivity contribution in [2.45, 2.75) is 44.9 Å². The molecule has 8 heteroatoms. The summed E-state index contributed by atoms with van der Waals surface area (Å²) in [5, 5.41) is 11.0. The van der Waals surface area contributed by atoms with Crippen molar-refractivity contribution >= 4 is 17.8 Å². The number of hydrogen-bond acceptors (Lipinski definition) is 6. The number of piperazine rings is 1. The standard InChI is InChI=1S/C27H33N3O5/c31-25(16-21-15-23(27(33)34)19-28-18-21)29-10-12-30(13-11-29)26(32)22-7-4-8-24(17-22)35-14-9-20-5-2-1-3-6-20/h4,7-8,15,17-20H,1-3,5-6,9-14,16H2,(H,33,34)/p-1. The SMILES string of the molecule is O=C([O-])c1cncc(CC(=O)N2CCN(C(=O)c3cccc(OCCC4CCCCC4)c3)CC2)c1. The molecule has 1 aliphatic heterocycles. The largest absolute Gasteiger partial charge is 0.545 e. The number of aromatic nitrogens is 1. The summed E-state index contributed by atoms with van der Waals surface area (Å²) in [6.45, 7) is 2.40. The molecule has 0 N–H and O–H groups in total. The number of ether oxygens (including phenoxy) is 1. The Morgan fingerprint density at radius 1 is 0.943 bits per heavy atom. The van der Waals surface area contributed by atoms with Crippen molar-refractivity contribution < 1.29 is 24.2 Å². The Kier molecular flexibility index (Phi) is 8.34. The molecule has 0 atom stereocenters. The predicted octanol–water partition coefficient (Wildman–Crippen LogP) is 2.32. The summed E-state index contributed by atoms with van der Waals surface area (Å²) in [5.41, 5.74) is 1.06. The molecule has 1 aliphatic carbocycles. The molecule has 2 fully saturated rings. The first-order valence-electron chi connectivity index (χ1n) is 12.4. The van der Waals surface area contributed by atoms with Crippen LogP contribution in [0.4, 0.5) is 0 Å². The van der Waals surface area contributed by atoms with Crippen LogP contribution in [0.3, 0.4) is 0 Å². The number of carbonyl (C=O) groups is 3. The number of aromatic carboxylic acids is 1. The molecule has 4 rings (SSSR count). The summed E-state index contributed by atoms with van der Waals surface area (Å²) in [7, 11) is 0. The Morgan fingerprint density at radius 2 is 1.69 bits per heavy atom. The number of nitrogens with zero attached hydrogens (tertiary/aromatic N) is 3. The summed E-state index contributed by atoms with van der Waals surface area (Å²) in [6, 6.07) is 8.74. The van der Waals surface area contributed by atoms with Gasteiger partial charge in [-0.2, -0.15) is 0 Å². The quantitative estimate of drug-likeness (QED) is 0.577. The van der Waals surface area contributed by atoms with Crippen molar-refractivity contribution in [3.63, 3.8) is 0 Å². The van der Waals surface area contributed by atoms with Gasteiger partial charge in [0.2, 0.25) is 5.91 Å². The first-order chi connectivity index (χ1) is 17.0. The van der Waals surface area contributed by atoms with E-state index in [1.165, 1.54) is 50.6 Å². The first kappa shape index (κ1) is 24.7. The number of carbonyl (C=O) groups excluding carboxylic acids is 3. The normalized spacial score (nSPS) is 16.7. The summed E-state index contributed by atoms with van der Waals surface area (Å²) >= 11 is 0. The van der Waals surface area contributed by atoms with Crippen LogP contribution in [0.1, 0.15) is 64.8 Å². The Balaban J connectivity index is 1.25. The van der Waals surface area contributed by atoms with Gasteiger partial charge in [0.15, 0.2) is 0 Å². The molecule has 1 saturated heterocycles. The van der Waals surface area contributed by atoms with E-state index in [9.17, 15) is 19.5 Å². The van der Waals surface area contributed by atoms with E-state index in [2.05, 4.69) is 4.98 Å². The number of rotatable bonds is 8. The number of benzene rings is 1. The second-order valence-corrected chi connectivity index (χ2v) is 9.39. The van der Waals surface area contributed by atoms with Crippen LogP contribution >= 0.6 is 0 Å². The van der Waals surface area contributed by atoms with Crippen LogP contribution in [0, 0.1) is 5.92 Å². The Labute approximate surface area is 205 Å². The predicted molar refractivity (Wildman–Crippen MR) is 128 cm³/mol. The second-order valence-electron chi connectivity index (χ2n) is 9.39. The minimum atomic E-state index is -1.32. The highest BCUT2D eigenvalue weighted by molar-refractivity contribution is 5.95. The van der Waals surface area contributed by atoms with Gasteiger partial charge in [0.1, 0.15) is 5.75 Å². The smallest absolute Gasteiger partial charge is 0.254 e. The topological polar surface area (TPSA) is 103 Å². The van der Waals surface area contributed by atoms with Gasteiger partial charge < -0.3 is 24.4 Å². The zero-order valence-electron chi connectivity index (χ0n) is 20.0. The number of pyridine rings is 1. The van der Waals surface area contributed by atoms with Gasteiger partial charge in [0.25, 0.3) is 5.91 Å². The van der Waals surface area contributed by atoms with Crippen molar-refractivity contribution in [1.29, 1.82) is 0 Å². The molecule has 1 saturated carbocycles. The number of carboxylic acid groups (broad SMARTS) is 1. The molecular formula is C27H32N3O5-. The summed E-state index contributed by atoms with van der Waals surface area (Å²) in [4.78, 5) is 44.0. The van der Waals surface area contributed by atoms with Gasteiger partial charge in [0.05, 0.1) is 19.0 Å². The van der Waals surface area contributed by atoms with Crippen LogP contribution in [-0.4, -0.2) is 65.4 Å². The van der Waals surface area contributed by atoms with Crippen LogP contribution in [0.5, 0.6) is 5.75 Å². The number of hydrogen-bond donors (Lipinski definition) is 0. The second kappa shape index (κ2) is 11.8. The molecule has 2 heterocycles. The van der Waals surface area contributed by atoms with Crippen molar-refractivity contribution in [3.8, 4) is 5.75 Å². The molecule has 1 aromatic heterocycles. The van der Waals surface area contributed by atoms with Gasteiger partial charge in [-0.1, -0.05) is 38.2 Å². The van der Waals surface area contributed by atoms with Gasteiger partial charge in [-0.3, -0.25) is 14.6 Å². The zero-order valence-corrected chi connectivity index (χ0v) is 20.0. The molecule has 2 aliphatic rings. The molecular weight excluding hydrogens is 446 g/mol. The van der Waals surface area contributed by atoms with E-state index in [0.717, 1.165) is 12.3 Å². The highest BCUT2D eigenvalue weighted by Gasteiger charge is 2.25. The average Bonchev–Trinajstić information content (AvgIpc) is 2.89. The lowest BCUT2D eigenvalue weighted by molar-refractivity contribution is -0.255. The highest BCUT2D eigenvalue weighted by atomic mass is 16.5. The van der Waals surface area contributed by atoms with Gasteiger partial charge in [0, 0.05) is 49.7 Å². The Bertz CT molecular complexity index is 1040. The summed E-state index contributed by atoms with van der Waals surface area (Å²) in [6.07, 6.45) is 10.4. The van der Waals surface area contributed by atoms with Crippen LogP contribution in [0.2, 0.25) is 0 Å². The van der Waals surface area contributed by atoms with Crippen molar-refractivity contribution in [3.05, 3.63) is 59.4 Å². The molecule has 0 unspecified atom stereocenters. The Hall–Kier alpha value is -3.42. The molecule has 35 heavy (non-hydrogen) atoms. The van der Waals surface area contributed by atoms with Crippen LogP contribution in [-0.2, 0) is 11.2 Å². The molecule has 2 amide bonds. The van der Waals surface area contributed by atoms with Crippen molar-refractivity contribution in [2.75, 3.05) is 32.8 Å². The monoisotopic (exact) mass is 478 g/mol. The van der Waals surface area contributed by atoms with Gasteiger partial charge in [-0.05, 0) is 42.2 Å². The molecule has 1 aromatic carbocycles. The van der Waals surface area contributed by atoms with E-state index in [-0.39, 0.29) is 23.8 Å². The molecule has 8 nitrogen and oxygen atoms in total. The molecule has 186 valence electrons. The fourth-order valence-corrected chi connectivity index (χ4v) is 4.86. The van der Waals surface area contributed by atoms with E-state index in [1.54, 1.807) is 21.9 Å². The first-order valence-corrected chi connectivity index (χ1v) is 12.4. The number of carboxylic acids is 1. The van der Waals surface area contributed by atoms with Crippen LogP contribution in [0.25, 0.3) is 0 Å². The maximum Gasteiger partial charge on any atom is 0.254 e. The minimum absolute atomic E-state index is 0.0501. The summed E-state index contributed by atoms with van der Waals surface area (Å²) < 4.78 is 5.95. The van der Waals surface area contributed by atoms with E-state index in [4.69, 9.17) is 4.74 Å². The van der Waals surface area contributed by atoms with Gasteiger partial charge in [-0.15, -0.1) is 0 Å². The van der Waals surface area contributed by atoms with Gasteiger partial charge >= 0.3 is 0 Å². The third-order valence-electron chi connectivity index (χ3n) is 6.91. The lowest BCUT2D eigenvalue weighted by Gasteiger charge is -2.35. The zero-order chi connectivity index (χ0) is 24.6. The van der Waals surface area contributed by atoms with Crippen LogP contribution in [0.15, 0.2) is 42.7 Å². The highest BCUT2D eigenvalue weighted by Crippen LogP contribution is 2.26. The van der Waals surface area contributed by atoms with Crippen molar-refractivity contribution in [1.82, 2.24) is 14.8 Å². The van der Waals surface area contributed by atoms with Gasteiger partial charge in [-0.25, -0.2) is 0 Å². The third kappa shape index (κ3) is 6.81. The van der Waals surface area contributed by atoms with E-state index < -0.39 is 5.97 Å². The maximum absolute atomic E-state index is 13.0. The molecule has 2 aromatic rings. The lowest BCUT2D eigenvalue weighted by atomic mass is 9.87. The number of amides is 2. The third-order valence-corrected chi connectivity index (χ3v) is 6.91. The lowest BCUT2D eigenvalue weighted by Crippen LogP contribution is -2.51.